The van der Waals surface area contributed by atoms with Crippen molar-refractivity contribution in [2.45, 2.75) is 38.1 Å². The summed E-state index contributed by atoms with van der Waals surface area (Å²) in [4.78, 5) is 0.0227. The average molecular weight is 379 g/mol. The zero-order valence-corrected chi connectivity index (χ0v) is 14.7. The summed E-state index contributed by atoms with van der Waals surface area (Å²) in [5, 5.41) is 0. The lowest BCUT2D eigenvalue weighted by molar-refractivity contribution is 0.157. The first-order chi connectivity index (χ1) is 9.64. The highest BCUT2D eigenvalue weighted by molar-refractivity contribution is 9.10. The van der Waals surface area contributed by atoms with Crippen molar-refractivity contribution in [3.63, 3.8) is 0 Å². The van der Waals surface area contributed by atoms with Crippen LogP contribution in [0, 0.1) is 17.7 Å². The Morgan fingerprint density at radius 2 is 1.95 bits per heavy atom. The van der Waals surface area contributed by atoms with Crippen LogP contribution in [0.15, 0.2) is 21.5 Å². The maximum Gasteiger partial charge on any atom is 0.244 e. The van der Waals surface area contributed by atoms with Gasteiger partial charge in [0.25, 0.3) is 0 Å². The molecule has 2 N–H and O–H groups in total. The molecule has 1 aromatic rings. The lowest BCUT2D eigenvalue weighted by Crippen LogP contribution is -2.48. The van der Waals surface area contributed by atoms with Crippen molar-refractivity contribution in [2.75, 3.05) is 12.3 Å². The van der Waals surface area contributed by atoms with E-state index < -0.39 is 15.8 Å². The summed E-state index contributed by atoms with van der Waals surface area (Å²) in [5.41, 5.74) is 5.36. The van der Waals surface area contributed by atoms with Crippen LogP contribution in [0.1, 0.15) is 27.2 Å². The molecule has 1 fully saturated rings. The van der Waals surface area contributed by atoms with Gasteiger partial charge in [-0.2, -0.15) is 4.31 Å². The van der Waals surface area contributed by atoms with Crippen LogP contribution in [0.25, 0.3) is 0 Å². The highest BCUT2D eigenvalue weighted by Crippen LogP contribution is 2.35. The van der Waals surface area contributed by atoms with E-state index in [1.165, 1.54) is 10.4 Å². The molecular weight excluding hydrogens is 359 g/mol. The van der Waals surface area contributed by atoms with Gasteiger partial charge in [-0.15, -0.1) is 0 Å². The zero-order chi connectivity index (χ0) is 15.9. The fourth-order valence-corrected chi connectivity index (χ4v) is 5.71. The van der Waals surface area contributed by atoms with Gasteiger partial charge in [-0.25, -0.2) is 12.8 Å². The molecule has 7 heteroatoms. The van der Waals surface area contributed by atoms with Gasteiger partial charge in [0.1, 0.15) is 5.82 Å². The number of rotatable bonds is 2. The number of sulfonamides is 1. The third-order valence-electron chi connectivity index (χ3n) is 4.18. The van der Waals surface area contributed by atoms with Gasteiger partial charge in [0.05, 0.1) is 10.6 Å². The molecule has 1 aromatic carbocycles. The monoisotopic (exact) mass is 378 g/mol. The topological polar surface area (TPSA) is 63.4 Å². The van der Waals surface area contributed by atoms with Crippen molar-refractivity contribution >= 4 is 31.6 Å². The molecule has 0 amide bonds. The van der Waals surface area contributed by atoms with Crippen molar-refractivity contribution in [1.29, 1.82) is 0 Å². The summed E-state index contributed by atoms with van der Waals surface area (Å²) in [5.74, 6) is -0.0584. The molecule has 1 aliphatic heterocycles. The lowest BCUT2D eigenvalue weighted by Gasteiger charge is -2.40. The van der Waals surface area contributed by atoms with Crippen LogP contribution >= 0.6 is 15.9 Å². The van der Waals surface area contributed by atoms with Gasteiger partial charge in [0.2, 0.25) is 10.0 Å². The minimum absolute atomic E-state index is 0.0227. The van der Waals surface area contributed by atoms with E-state index in [0.29, 0.717) is 12.5 Å². The molecule has 0 aliphatic carbocycles. The van der Waals surface area contributed by atoms with E-state index in [-0.39, 0.29) is 27.0 Å². The maximum atomic E-state index is 13.4. The predicted octanol–water partition coefficient (Wildman–Crippen LogP) is 3.23. The SMILES string of the molecule is CC1CC(C)C(C)N(S(=O)(=O)c2cc(N)c(F)cc2Br)C1. The molecule has 3 atom stereocenters. The first-order valence-electron chi connectivity index (χ1n) is 6.91. The highest BCUT2D eigenvalue weighted by atomic mass is 79.9. The van der Waals surface area contributed by atoms with Gasteiger partial charge in [0.15, 0.2) is 0 Å². The van der Waals surface area contributed by atoms with E-state index in [4.69, 9.17) is 5.73 Å². The molecule has 0 saturated carbocycles. The van der Waals surface area contributed by atoms with Crippen molar-refractivity contribution < 1.29 is 12.8 Å². The van der Waals surface area contributed by atoms with Gasteiger partial charge >= 0.3 is 0 Å². The molecule has 21 heavy (non-hydrogen) atoms. The van der Waals surface area contributed by atoms with Gasteiger partial charge < -0.3 is 5.73 Å². The molecule has 1 heterocycles. The van der Waals surface area contributed by atoms with Crippen LogP contribution < -0.4 is 5.73 Å². The minimum atomic E-state index is -3.71. The van der Waals surface area contributed by atoms with Gasteiger partial charge in [-0.1, -0.05) is 13.8 Å². The van der Waals surface area contributed by atoms with Crippen LogP contribution in [0.5, 0.6) is 0 Å². The van der Waals surface area contributed by atoms with Gasteiger partial charge in [-0.3, -0.25) is 0 Å². The number of piperidine rings is 1. The summed E-state index contributed by atoms with van der Waals surface area (Å²) >= 11 is 3.13. The Balaban J connectivity index is 2.49. The number of benzene rings is 1. The van der Waals surface area contributed by atoms with E-state index in [0.717, 1.165) is 12.5 Å². The molecular formula is C14H20BrFN2O2S. The molecule has 1 saturated heterocycles. The quantitative estimate of drug-likeness (QED) is 0.803. The van der Waals surface area contributed by atoms with E-state index in [1.54, 1.807) is 0 Å². The summed E-state index contributed by atoms with van der Waals surface area (Å²) in [6.07, 6.45) is 1.000. The van der Waals surface area contributed by atoms with Crippen LogP contribution in [0.2, 0.25) is 0 Å². The number of hydrogen-bond acceptors (Lipinski definition) is 3. The van der Waals surface area contributed by atoms with E-state index in [1.807, 2.05) is 13.8 Å². The van der Waals surface area contributed by atoms with Crippen LogP contribution in [0.3, 0.4) is 0 Å². The Hall–Kier alpha value is -0.660. The first kappa shape index (κ1) is 16.7. The van der Waals surface area contributed by atoms with Gasteiger partial charge in [-0.05, 0) is 53.2 Å². The molecule has 118 valence electrons. The molecule has 3 unspecified atom stereocenters. The van der Waals surface area contributed by atoms with E-state index in [2.05, 4.69) is 22.9 Å². The predicted molar refractivity (Wildman–Crippen MR) is 84.8 cm³/mol. The molecule has 1 aliphatic rings. The Morgan fingerprint density at radius 3 is 2.57 bits per heavy atom. The third-order valence-corrected chi connectivity index (χ3v) is 7.09. The Kier molecular flexibility index (Phi) is 4.66. The molecule has 0 bridgehead atoms. The van der Waals surface area contributed by atoms with Crippen LogP contribution in [0.4, 0.5) is 10.1 Å². The van der Waals surface area contributed by atoms with Crippen LogP contribution in [-0.4, -0.2) is 25.3 Å². The minimum Gasteiger partial charge on any atom is -0.396 e. The largest absolute Gasteiger partial charge is 0.396 e. The van der Waals surface area contributed by atoms with Crippen molar-refractivity contribution in [3.8, 4) is 0 Å². The van der Waals surface area contributed by atoms with Crippen molar-refractivity contribution in [1.82, 2.24) is 4.31 Å². The summed E-state index contributed by atoms with van der Waals surface area (Å²) in [6, 6.07) is 2.19. The number of nitrogens with zero attached hydrogens (tertiary/aromatic N) is 1. The normalized spacial score (nSPS) is 27.8. The van der Waals surface area contributed by atoms with Gasteiger partial charge in [0, 0.05) is 17.1 Å². The Bertz CT molecular complexity index is 651. The zero-order valence-electron chi connectivity index (χ0n) is 12.3. The smallest absolute Gasteiger partial charge is 0.244 e. The lowest BCUT2D eigenvalue weighted by atomic mass is 9.88. The second kappa shape index (κ2) is 5.85. The fraction of sp³-hybridized carbons (Fsp3) is 0.571. The number of nitrogens with two attached hydrogens (primary N) is 1. The number of anilines is 1. The molecule has 0 spiro atoms. The van der Waals surface area contributed by atoms with Crippen molar-refractivity contribution in [2.24, 2.45) is 11.8 Å². The van der Waals surface area contributed by atoms with Crippen LogP contribution in [-0.2, 0) is 10.0 Å². The Morgan fingerprint density at radius 1 is 1.33 bits per heavy atom. The number of halogens is 2. The van der Waals surface area contributed by atoms with E-state index in [9.17, 15) is 12.8 Å². The third kappa shape index (κ3) is 3.10. The fourth-order valence-electron chi connectivity index (χ4n) is 2.85. The Labute approximate surface area is 133 Å². The molecule has 0 aromatic heterocycles. The highest BCUT2D eigenvalue weighted by Gasteiger charge is 2.38. The molecule has 4 nitrogen and oxygen atoms in total. The first-order valence-corrected chi connectivity index (χ1v) is 9.14. The average Bonchev–Trinajstić information content (AvgIpc) is 2.37. The summed E-state index contributed by atoms with van der Waals surface area (Å²) in [6.45, 7) is 6.47. The number of hydrogen-bond donors (Lipinski definition) is 1. The second-order valence-electron chi connectivity index (χ2n) is 5.94. The maximum absolute atomic E-state index is 13.4. The molecule has 0 radical (unpaired) electrons. The van der Waals surface area contributed by atoms with Crippen molar-refractivity contribution in [3.05, 3.63) is 22.4 Å². The summed E-state index contributed by atoms with van der Waals surface area (Å²) < 4.78 is 40.9. The number of nitrogen functional groups attached to an aromatic ring is 1. The molecule has 2 rings (SSSR count). The standard InChI is InChI=1S/C14H20BrFN2O2S/c1-8-4-9(2)10(3)18(7-8)21(19,20)14-6-13(17)12(16)5-11(14)15/h5-6,8-10H,4,7,17H2,1-3H3. The van der Waals surface area contributed by atoms with E-state index >= 15 is 0 Å². The summed E-state index contributed by atoms with van der Waals surface area (Å²) in [7, 11) is -3.71. The second-order valence-corrected chi connectivity index (χ2v) is 8.65.